The Morgan fingerprint density at radius 1 is 1.32 bits per heavy atom. The Hall–Kier alpha value is -0.160. The van der Waals surface area contributed by atoms with Crippen molar-refractivity contribution in [1.29, 1.82) is 0 Å². The van der Waals surface area contributed by atoms with Crippen LogP contribution in [-0.2, 0) is 4.74 Å². The third-order valence-electron chi connectivity index (χ3n) is 4.87. The van der Waals surface area contributed by atoms with E-state index in [0.717, 1.165) is 26.3 Å². The second kappa shape index (κ2) is 7.02. The van der Waals surface area contributed by atoms with Gasteiger partial charge in [0.25, 0.3) is 0 Å². The molecule has 2 aliphatic heterocycles. The molecule has 2 rings (SSSR count). The van der Waals surface area contributed by atoms with Crippen molar-refractivity contribution in [3.8, 4) is 0 Å². The first-order valence-corrected chi connectivity index (χ1v) is 7.89. The van der Waals surface area contributed by atoms with E-state index in [9.17, 15) is 0 Å². The van der Waals surface area contributed by atoms with Crippen LogP contribution < -0.4 is 5.73 Å². The highest BCUT2D eigenvalue weighted by atomic mass is 16.5. The average molecular weight is 269 g/mol. The van der Waals surface area contributed by atoms with Crippen molar-refractivity contribution in [3.05, 3.63) is 0 Å². The van der Waals surface area contributed by atoms with Gasteiger partial charge in [0.15, 0.2) is 0 Å². The number of nitrogens with two attached hydrogens (primary N) is 1. The van der Waals surface area contributed by atoms with Gasteiger partial charge in [-0.05, 0) is 45.8 Å². The fraction of sp³-hybridized carbons (Fsp3) is 1.00. The van der Waals surface area contributed by atoms with Gasteiger partial charge in [-0.3, -0.25) is 4.90 Å². The summed E-state index contributed by atoms with van der Waals surface area (Å²) in [6.45, 7) is 9.59. The molecule has 0 saturated carbocycles. The number of nitrogens with zero attached hydrogens (tertiary/aromatic N) is 2. The average Bonchev–Trinajstić information content (AvgIpc) is 2.61. The molecule has 2 atom stereocenters. The first kappa shape index (κ1) is 15.2. The summed E-state index contributed by atoms with van der Waals surface area (Å²) in [7, 11) is 2.24. The lowest BCUT2D eigenvalue weighted by Gasteiger charge is -2.42. The van der Waals surface area contributed by atoms with Crippen molar-refractivity contribution in [2.75, 3.05) is 53.0 Å². The van der Waals surface area contributed by atoms with Crippen LogP contribution in [0.1, 0.15) is 32.6 Å². The van der Waals surface area contributed by atoms with Gasteiger partial charge in [0.1, 0.15) is 0 Å². The zero-order valence-electron chi connectivity index (χ0n) is 12.7. The molecule has 19 heavy (non-hydrogen) atoms. The maximum atomic E-state index is 6.09. The van der Waals surface area contributed by atoms with E-state index in [0.29, 0.717) is 6.04 Å². The van der Waals surface area contributed by atoms with Crippen LogP contribution >= 0.6 is 0 Å². The number of ether oxygens (including phenoxy) is 1. The molecule has 2 N–H and O–H groups in total. The van der Waals surface area contributed by atoms with Crippen LogP contribution in [0, 0.1) is 5.41 Å². The van der Waals surface area contributed by atoms with Gasteiger partial charge in [0.05, 0.1) is 6.61 Å². The minimum Gasteiger partial charge on any atom is -0.381 e. The van der Waals surface area contributed by atoms with Crippen LogP contribution in [0.3, 0.4) is 0 Å². The van der Waals surface area contributed by atoms with Crippen LogP contribution in [0.15, 0.2) is 0 Å². The molecule has 0 spiro atoms. The highest BCUT2D eigenvalue weighted by Crippen LogP contribution is 2.30. The van der Waals surface area contributed by atoms with E-state index in [1.807, 2.05) is 0 Å². The molecule has 0 aromatic rings. The van der Waals surface area contributed by atoms with E-state index in [1.54, 1.807) is 0 Å². The standard InChI is InChI=1S/C15H31N3O/c1-3-14-10-17(2)7-5-8-18(14)12-15(11-16)6-4-9-19-13-15/h14H,3-13,16H2,1-2H3. The van der Waals surface area contributed by atoms with Gasteiger partial charge in [0.2, 0.25) is 0 Å². The maximum absolute atomic E-state index is 6.09. The van der Waals surface area contributed by atoms with E-state index >= 15 is 0 Å². The molecular weight excluding hydrogens is 238 g/mol. The fourth-order valence-electron chi connectivity index (χ4n) is 3.58. The highest BCUT2D eigenvalue weighted by molar-refractivity contribution is 4.89. The topological polar surface area (TPSA) is 41.7 Å². The predicted octanol–water partition coefficient (Wildman–Crippen LogP) is 1.16. The lowest BCUT2D eigenvalue weighted by atomic mass is 9.81. The number of likely N-dealkylation sites (N-methyl/N-ethyl adjacent to an activating group) is 1. The minimum absolute atomic E-state index is 0.203. The van der Waals surface area contributed by atoms with Crippen molar-refractivity contribution in [3.63, 3.8) is 0 Å². The molecule has 0 radical (unpaired) electrons. The van der Waals surface area contributed by atoms with Crippen LogP contribution in [0.5, 0.6) is 0 Å². The Kier molecular flexibility index (Phi) is 5.63. The Morgan fingerprint density at radius 3 is 2.79 bits per heavy atom. The van der Waals surface area contributed by atoms with Gasteiger partial charge in [-0.25, -0.2) is 0 Å². The summed E-state index contributed by atoms with van der Waals surface area (Å²) in [6, 6.07) is 0.679. The molecule has 0 bridgehead atoms. The van der Waals surface area contributed by atoms with Crippen molar-refractivity contribution < 1.29 is 4.74 Å². The zero-order valence-corrected chi connectivity index (χ0v) is 12.7. The normalized spacial score (nSPS) is 35.2. The SMILES string of the molecule is CCC1CN(C)CCCN1CC1(CN)CCCOC1. The van der Waals surface area contributed by atoms with Crippen molar-refractivity contribution in [1.82, 2.24) is 9.80 Å². The van der Waals surface area contributed by atoms with Gasteiger partial charge in [-0.1, -0.05) is 6.92 Å². The number of hydrogen-bond donors (Lipinski definition) is 1. The van der Waals surface area contributed by atoms with Gasteiger partial charge in [0, 0.05) is 37.7 Å². The lowest BCUT2D eigenvalue weighted by molar-refractivity contribution is -0.0285. The first-order valence-electron chi connectivity index (χ1n) is 7.89. The first-order chi connectivity index (χ1) is 9.19. The van der Waals surface area contributed by atoms with Gasteiger partial charge in [-0.2, -0.15) is 0 Å². The van der Waals surface area contributed by atoms with E-state index in [4.69, 9.17) is 10.5 Å². The second-order valence-corrected chi connectivity index (χ2v) is 6.51. The van der Waals surface area contributed by atoms with Crippen LogP contribution in [0.25, 0.3) is 0 Å². The summed E-state index contributed by atoms with van der Waals surface area (Å²) in [6.07, 6.45) is 4.90. The van der Waals surface area contributed by atoms with E-state index in [1.165, 1.54) is 45.3 Å². The Labute approximate surface area is 118 Å². The molecule has 2 fully saturated rings. The summed E-state index contributed by atoms with van der Waals surface area (Å²) in [4.78, 5) is 5.16. The highest BCUT2D eigenvalue weighted by Gasteiger charge is 2.35. The van der Waals surface area contributed by atoms with E-state index < -0.39 is 0 Å². The quantitative estimate of drug-likeness (QED) is 0.831. The maximum Gasteiger partial charge on any atom is 0.0546 e. The van der Waals surface area contributed by atoms with Crippen LogP contribution in [-0.4, -0.2) is 68.8 Å². The largest absolute Gasteiger partial charge is 0.381 e. The molecule has 112 valence electrons. The van der Waals surface area contributed by atoms with E-state index in [2.05, 4.69) is 23.8 Å². The zero-order chi connectivity index (χ0) is 13.7. The smallest absolute Gasteiger partial charge is 0.0546 e. The lowest BCUT2D eigenvalue weighted by Crippen LogP contribution is -2.51. The molecule has 4 heteroatoms. The van der Waals surface area contributed by atoms with Gasteiger partial charge >= 0.3 is 0 Å². The summed E-state index contributed by atoms with van der Waals surface area (Å²) < 4.78 is 5.72. The Balaban J connectivity index is 2.01. The van der Waals surface area contributed by atoms with Crippen molar-refractivity contribution in [2.45, 2.75) is 38.6 Å². The van der Waals surface area contributed by atoms with Crippen LogP contribution in [0.2, 0.25) is 0 Å². The summed E-state index contributed by atoms with van der Waals surface area (Å²) in [5.41, 5.74) is 6.29. The molecule has 0 aliphatic carbocycles. The molecule has 4 nitrogen and oxygen atoms in total. The molecule has 0 aromatic heterocycles. The van der Waals surface area contributed by atoms with Gasteiger partial charge < -0.3 is 15.4 Å². The molecule has 2 heterocycles. The molecule has 2 aliphatic rings. The monoisotopic (exact) mass is 269 g/mol. The molecule has 2 unspecified atom stereocenters. The number of rotatable bonds is 4. The van der Waals surface area contributed by atoms with Crippen LogP contribution in [0.4, 0.5) is 0 Å². The molecule has 0 amide bonds. The van der Waals surface area contributed by atoms with E-state index in [-0.39, 0.29) is 5.41 Å². The third kappa shape index (κ3) is 3.91. The number of hydrogen-bond acceptors (Lipinski definition) is 4. The minimum atomic E-state index is 0.203. The third-order valence-corrected chi connectivity index (χ3v) is 4.87. The predicted molar refractivity (Wildman–Crippen MR) is 79.3 cm³/mol. The van der Waals surface area contributed by atoms with Crippen molar-refractivity contribution >= 4 is 0 Å². The molecule has 2 saturated heterocycles. The Morgan fingerprint density at radius 2 is 2.16 bits per heavy atom. The Bertz CT molecular complexity index is 266. The second-order valence-electron chi connectivity index (χ2n) is 6.51. The fourth-order valence-corrected chi connectivity index (χ4v) is 3.58. The summed E-state index contributed by atoms with van der Waals surface area (Å²) in [5, 5.41) is 0. The summed E-state index contributed by atoms with van der Waals surface area (Å²) in [5.74, 6) is 0. The van der Waals surface area contributed by atoms with Crippen molar-refractivity contribution in [2.24, 2.45) is 11.1 Å². The molecule has 0 aromatic carbocycles. The van der Waals surface area contributed by atoms with Gasteiger partial charge in [-0.15, -0.1) is 0 Å². The molecular formula is C15H31N3O. The summed E-state index contributed by atoms with van der Waals surface area (Å²) >= 11 is 0.